The molecule has 0 atom stereocenters. The number of hydrogen-bond acceptors (Lipinski definition) is 5. The van der Waals surface area contributed by atoms with Gasteiger partial charge in [-0.25, -0.2) is 5.10 Å². The van der Waals surface area contributed by atoms with Gasteiger partial charge in [-0.05, 0) is 48.6 Å². The van der Waals surface area contributed by atoms with Gasteiger partial charge < -0.3 is 4.74 Å². The van der Waals surface area contributed by atoms with Crippen LogP contribution < -0.4 is 4.74 Å². The van der Waals surface area contributed by atoms with Crippen molar-refractivity contribution in [1.29, 1.82) is 0 Å². The van der Waals surface area contributed by atoms with E-state index >= 15 is 0 Å². The van der Waals surface area contributed by atoms with Gasteiger partial charge in [0.25, 0.3) is 0 Å². The van der Waals surface area contributed by atoms with Crippen LogP contribution in [0.15, 0.2) is 53.8 Å². The molecule has 2 heterocycles. The van der Waals surface area contributed by atoms with Gasteiger partial charge >= 0.3 is 0 Å². The molecule has 3 aromatic rings. The average Bonchev–Trinajstić information content (AvgIpc) is 2.95. The first kappa shape index (κ1) is 14.2. The Labute approximate surface area is 132 Å². The van der Waals surface area contributed by atoms with Gasteiger partial charge in [-0.15, -0.1) is 0 Å². The van der Waals surface area contributed by atoms with E-state index in [9.17, 15) is 0 Å². The van der Waals surface area contributed by atoms with Gasteiger partial charge in [-0.3, -0.25) is 4.98 Å². The van der Waals surface area contributed by atoms with Gasteiger partial charge in [0.1, 0.15) is 5.75 Å². The molecule has 6 nitrogen and oxygen atoms in total. The van der Waals surface area contributed by atoms with Crippen LogP contribution in [-0.4, -0.2) is 33.2 Å². The van der Waals surface area contributed by atoms with E-state index in [1.165, 1.54) is 0 Å². The molecule has 0 unspecified atom stereocenters. The Morgan fingerprint density at radius 3 is 2.73 bits per heavy atom. The summed E-state index contributed by atoms with van der Waals surface area (Å²) in [6.07, 6.45) is 3.35. The summed E-state index contributed by atoms with van der Waals surface area (Å²) in [4.78, 5) is 4.19. The second-order valence-corrected chi connectivity index (χ2v) is 4.78. The van der Waals surface area contributed by atoms with E-state index in [0.29, 0.717) is 10.6 Å². The monoisotopic (exact) mass is 311 g/mol. The zero-order valence-corrected chi connectivity index (χ0v) is 12.6. The molecule has 1 aromatic carbocycles. The maximum absolute atomic E-state index is 5.22. The van der Waals surface area contributed by atoms with Crippen molar-refractivity contribution < 1.29 is 4.74 Å². The van der Waals surface area contributed by atoms with Crippen molar-refractivity contribution in [2.24, 2.45) is 5.10 Å². The van der Waals surface area contributed by atoms with E-state index in [4.69, 9.17) is 17.0 Å². The van der Waals surface area contributed by atoms with Crippen molar-refractivity contribution >= 4 is 18.4 Å². The van der Waals surface area contributed by atoms with Gasteiger partial charge in [0.05, 0.1) is 19.0 Å². The highest BCUT2D eigenvalue weighted by molar-refractivity contribution is 7.71. The smallest absolute Gasteiger partial charge is 0.216 e. The molecular formula is C15H13N5OS. The molecule has 0 amide bonds. The molecule has 3 rings (SSSR count). The van der Waals surface area contributed by atoms with Gasteiger partial charge in [-0.2, -0.15) is 14.9 Å². The summed E-state index contributed by atoms with van der Waals surface area (Å²) in [5.41, 5.74) is 1.62. The lowest BCUT2D eigenvalue weighted by Gasteiger charge is -2.03. The predicted molar refractivity (Wildman–Crippen MR) is 86.6 cm³/mol. The van der Waals surface area contributed by atoms with Gasteiger partial charge in [0.15, 0.2) is 5.82 Å². The highest BCUT2D eigenvalue weighted by atomic mass is 32.1. The molecule has 7 heteroatoms. The Kier molecular flexibility index (Phi) is 4.06. The highest BCUT2D eigenvalue weighted by Gasteiger charge is 2.08. The predicted octanol–water partition coefficient (Wildman–Crippen LogP) is 2.89. The molecule has 0 aliphatic rings. The zero-order chi connectivity index (χ0) is 15.4. The normalized spacial score (nSPS) is 11.0. The number of benzene rings is 1. The maximum Gasteiger partial charge on any atom is 0.216 e. The average molecular weight is 311 g/mol. The topological polar surface area (TPSA) is 68.1 Å². The molecule has 0 saturated heterocycles. The number of pyridine rings is 1. The quantitative estimate of drug-likeness (QED) is 0.594. The number of aromatic nitrogens is 4. The number of methoxy groups -OCH3 is 1. The molecule has 2 aromatic heterocycles. The van der Waals surface area contributed by atoms with E-state index < -0.39 is 0 Å². The largest absolute Gasteiger partial charge is 0.497 e. The van der Waals surface area contributed by atoms with Crippen molar-refractivity contribution in [3.8, 4) is 17.1 Å². The third-order valence-electron chi connectivity index (χ3n) is 2.99. The van der Waals surface area contributed by atoms with E-state index in [1.54, 1.807) is 24.2 Å². The fourth-order valence-corrected chi connectivity index (χ4v) is 2.07. The molecule has 0 aliphatic carbocycles. The number of aromatic amines is 1. The number of rotatable bonds is 4. The Bertz CT molecular complexity index is 836. The van der Waals surface area contributed by atoms with Crippen LogP contribution >= 0.6 is 12.2 Å². The van der Waals surface area contributed by atoms with Gasteiger partial charge in [0.2, 0.25) is 4.77 Å². The summed E-state index contributed by atoms with van der Waals surface area (Å²) in [5, 5.41) is 11.3. The van der Waals surface area contributed by atoms with Crippen molar-refractivity contribution in [2.75, 3.05) is 7.11 Å². The first-order chi connectivity index (χ1) is 10.8. The number of nitrogens with zero attached hydrogens (tertiary/aromatic N) is 4. The number of nitrogens with one attached hydrogen (secondary N) is 1. The second kappa shape index (κ2) is 6.31. The number of ether oxygens (including phenoxy) is 1. The lowest BCUT2D eigenvalue weighted by atomic mass is 10.2. The van der Waals surface area contributed by atoms with E-state index in [-0.39, 0.29) is 0 Å². The van der Waals surface area contributed by atoms with Crippen LogP contribution in [0.5, 0.6) is 5.75 Å². The molecular weight excluding hydrogens is 298 g/mol. The summed E-state index contributed by atoms with van der Waals surface area (Å²) >= 11 is 5.22. The third kappa shape index (κ3) is 2.94. The Morgan fingerprint density at radius 1 is 1.23 bits per heavy atom. The molecule has 22 heavy (non-hydrogen) atoms. The minimum absolute atomic E-state index is 0.415. The Hall–Kier alpha value is -2.80. The third-order valence-corrected chi connectivity index (χ3v) is 3.26. The summed E-state index contributed by atoms with van der Waals surface area (Å²) in [5.74, 6) is 1.40. The molecule has 1 N–H and O–H groups in total. The fourth-order valence-electron chi connectivity index (χ4n) is 1.89. The van der Waals surface area contributed by atoms with Crippen LogP contribution in [-0.2, 0) is 0 Å². The summed E-state index contributed by atoms with van der Waals surface area (Å²) in [6, 6.07) is 13.1. The lowest BCUT2D eigenvalue weighted by Crippen LogP contribution is -1.96. The van der Waals surface area contributed by atoms with E-state index in [0.717, 1.165) is 17.0 Å². The summed E-state index contributed by atoms with van der Waals surface area (Å²) in [6.45, 7) is 0. The molecule has 0 radical (unpaired) electrons. The minimum atomic E-state index is 0.415. The minimum Gasteiger partial charge on any atom is -0.497 e. The molecule has 0 fully saturated rings. The standard InChI is InChI=1S/C15H13N5OS/c1-21-13-7-5-11(6-8-13)14-18-19-15(22)20(14)17-10-12-4-2-3-9-16-12/h2-10H,1H3,(H,19,22). The number of H-pyrrole nitrogens is 1. The Balaban J connectivity index is 1.97. The molecule has 0 aliphatic heterocycles. The fraction of sp³-hybridized carbons (Fsp3) is 0.0667. The van der Waals surface area contributed by atoms with Gasteiger partial charge in [-0.1, -0.05) is 6.07 Å². The van der Waals surface area contributed by atoms with Crippen LogP contribution in [0.3, 0.4) is 0 Å². The van der Waals surface area contributed by atoms with Crippen LogP contribution in [0.25, 0.3) is 11.4 Å². The zero-order valence-electron chi connectivity index (χ0n) is 11.8. The molecule has 110 valence electrons. The molecule has 0 spiro atoms. The van der Waals surface area contributed by atoms with Crippen molar-refractivity contribution in [3.05, 3.63) is 59.1 Å². The Morgan fingerprint density at radius 2 is 2.05 bits per heavy atom. The SMILES string of the molecule is COc1ccc(-c2n[nH]c(=S)n2N=Cc2ccccn2)cc1. The van der Waals surface area contributed by atoms with Crippen LogP contribution in [0, 0.1) is 4.77 Å². The van der Waals surface area contributed by atoms with Crippen LogP contribution in [0.1, 0.15) is 5.69 Å². The van der Waals surface area contributed by atoms with E-state index in [2.05, 4.69) is 20.3 Å². The highest BCUT2D eigenvalue weighted by Crippen LogP contribution is 2.20. The lowest BCUT2D eigenvalue weighted by molar-refractivity contribution is 0.415. The van der Waals surface area contributed by atoms with Crippen molar-refractivity contribution in [3.63, 3.8) is 0 Å². The maximum atomic E-state index is 5.22. The summed E-state index contributed by atoms with van der Waals surface area (Å²) < 4.78 is 7.13. The molecule has 0 saturated carbocycles. The summed E-state index contributed by atoms with van der Waals surface area (Å²) in [7, 11) is 1.63. The molecule has 0 bridgehead atoms. The second-order valence-electron chi connectivity index (χ2n) is 4.39. The first-order valence-electron chi connectivity index (χ1n) is 6.55. The van der Waals surface area contributed by atoms with Gasteiger partial charge in [0, 0.05) is 11.8 Å². The van der Waals surface area contributed by atoms with Crippen molar-refractivity contribution in [1.82, 2.24) is 19.9 Å². The van der Waals surface area contributed by atoms with Crippen molar-refractivity contribution in [2.45, 2.75) is 0 Å². The van der Waals surface area contributed by atoms with E-state index in [1.807, 2.05) is 42.5 Å². The van der Waals surface area contributed by atoms with Crippen LogP contribution in [0.4, 0.5) is 0 Å². The van der Waals surface area contributed by atoms with Crippen LogP contribution in [0.2, 0.25) is 0 Å². The first-order valence-corrected chi connectivity index (χ1v) is 6.96. The number of hydrogen-bond donors (Lipinski definition) is 1.